The number of rotatable bonds is 7. The zero-order valence-corrected chi connectivity index (χ0v) is 11.1. The SMILES string of the molecule is CSCCCCCNC1CCCNC(=O)C1. The molecule has 1 unspecified atom stereocenters. The second kappa shape index (κ2) is 8.88. The van der Waals surface area contributed by atoms with Crippen LogP contribution < -0.4 is 10.6 Å². The van der Waals surface area contributed by atoms with Gasteiger partial charge in [0.2, 0.25) is 5.91 Å². The minimum atomic E-state index is 0.206. The number of thioether (sulfide) groups is 1. The molecule has 0 aliphatic carbocycles. The summed E-state index contributed by atoms with van der Waals surface area (Å²) in [4.78, 5) is 11.3. The summed E-state index contributed by atoms with van der Waals surface area (Å²) in [7, 11) is 0. The lowest BCUT2D eigenvalue weighted by molar-refractivity contribution is -0.121. The fourth-order valence-corrected chi connectivity index (χ4v) is 2.50. The van der Waals surface area contributed by atoms with Gasteiger partial charge in [-0.3, -0.25) is 4.79 Å². The minimum absolute atomic E-state index is 0.206. The van der Waals surface area contributed by atoms with E-state index < -0.39 is 0 Å². The third-order valence-electron chi connectivity index (χ3n) is 2.94. The normalized spacial score (nSPS) is 21.6. The second-order valence-electron chi connectivity index (χ2n) is 4.40. The van der Waals surface area contributed by atoms with Gasteiger partial charge < -0.3 is 10.6 Å². The Morgan fingerprint density at radius 3 is 3.12 bits per heavy atom. The van der Waals surface area contributed by atoms with Crippen molar-refractivity contribution in [3.05, 3.63) is 0 Å². The molecule has 1 amide bonds. The largest absolute Gasteiger partial charge is 0.356 e. The van der Waals surface area contributed by atoms with E-state index >= 15 is 0 Å². The van der Waals surface area contributed by atoms with Gasteiger partial charge in [0.05, 0.1) is 0 Å². The van der Waals surface area contributed by atoms with Crippen molar-refractivity contribution < 1.29 is 4.79 Å². The smallest absolute Gasteiger partial charge is 0.221 e. The maximum Gasteiger partial charge on any atom is 0.221 e. The highest BCUT2D eigenvalue weighted by Crippen LogP contribution is 2.07. The third-order valence-corrected chi connectivity index (χ3v) is 3.64. The van der Waals surface area contributed by atoms with Gasteiger partial charge in [-0.15, -0.1) is 0 Å². The molecular formula is C12H24N2OS. The molecule has 1 saturated heterocycles. The molecule has 2 N–H and O–H groups in total. The van der Waals surface area contributed by atoms with E-state index in [4.69, 9.17) is 0 Å². The topological polar surface area (TPSA) is 41.1 Å². The summed E-state index contributed by atoms with van der Waals surface area (Å²) in [6.07, 6.45) is 8.89. The summed E-state index contributed by atoms with van der Waals surface area (Å²) in [5.74, 6) is 1.48. The van der Waals surface area contributed by atoms with Crippen LogP contribution in [-0.4, -0.2) is 37.0 Å². The first-order valence-electron chi connectivity index (χ1n) is 6.32. The number of carbonyl (C=O) groups is 1. The number of nitrogens with one attached hydrogen (secondary N) is 2. The molecule has 1 aliphatic heterocycles. The van der Waals surface area contributed by atoms with E-state index in [2.05, 4.69) is 16.9 Å². The van der Waals surface area contributed by atoms with Crippen LogP contribution in [0.3, 0.4) is 0 Å². The number of hydrogen-bond acceptors (Lipinski definition) is 3. The summed E-state index contributed by atoms with van der Waals surface area (Å²) < 4.78 is 0. The van der Waals surface area contributed by atoms with Crippen molar-refractivity contribution in [3.8, 4) is 0 Å². The Morgan fingerprint density at radius 1 is 1.44 bits per heavy atom. The van der Waals surface area contributed by atoms with E-state index in [1.165, 1.54) is 25.0 Å². The fraction of sp³-hybridized carbons (Fsp3) is 0.917. The molecule has 0 spiro atoms. The molecule has 1 heterocycles. The fourth-order valence-electron chi connectivity index (χ4n) is 2.00. The van der Waals surface area contributed by atoms with Crippen LogP contribution in [0.15, 0.2) is 0 Å². The molecule has 1 aliphatic rings. The molecule has 3 nitrogen and oxygen atoms in total. The van der Waals surface area contributed by atoms with Crippen molar-refractivity contribution in [3.63, 3.8) is 0 Å². The molecule has 0 saturated carbocycles. The van der Waals surface area contributed by atoms with Crippen LogP contribution in [-0.2, 0) is 4.79 Å². The van der Waals surface area contributed by atoms with E-state index in [-0.39, 0.29) is 5.91 Å². The first-order chi connectivity index (χ1) is 7.83. The molecule has 16 heavy (non-hydrogen) atoms. The maximum absolute atomic E-state index is 11.3. The van der Waals surface area contributed by atoms with Crippen molar-refractivity contribution in [2.75, 3.05) is 25.1 Å². The Hall–Kier alpha value is -0.220. The van der Waals surface area contributed by atoms with Gasteiger partial charge in [-0.2, -0.15) is 11.8 Å². The molecule has 0 aromatic rings. The van der Waals surface area contributed by atoms with E-state index in [0.717, 1.165) is 25.9 Å². The number of amides is 1. The molecule has 94 valence electrons. The van der Waals surface area contributed by atoms with Crippen molar-refractivity contribution in [2.24, 2.45) is 0 Å². The molecular weight excluding hydrogens is 220 g/mol. The van der Waals surface area contributed by atoms with Gasteiger partial charge in [0, 0.05) is 19.0 Å². The zero-order chi connectivity index (χ0) is 11.6. The van der Waals surface area contributed by atoms with Crippen LogP contribution in [0.2, 0.25) is 0 Å². The summed E-state index contributed by atoms with van der Waals surface area (Å²) in [6.45, 7) is 1.91. The van der Waals surface area contributed by atoms with Gasteiger partial charge in [0.25, 0.3) is 0 Å². The standard InChI is InChI=1S/C12H24N2OS/c1-16-9-4-2-3-7-13-11-6-5-8-14-12(15)10-11/h11,13H,2-10H2,1H3,(H,14,15). The highest BCUT2D eigenvalue weighted by Gasteiger charge is 2.15. The molecule has 1 atom stereocenters. The van der Waals surface area contributed by atoms with Crippen molar-refractivity contribution >= 4 is 17.7 Å². The molecule has 0 aromatic heterocycles. The van der Waals surface area contributed by atoms with Gasteiger partial charge in [-0.25, -0.2) is 0 Å². The van der Waals surface area contributed by atoms with Crippen molar-refractivity contribution in [1.29, 1.82) is 0 Å². The predicted molar refractivity (Wildman–Crippen MR) is 70.9 cm³/mol. The van der Waals surface area contributed by atoms with Gasteiger partial charge in [-0.05, 0) is 44.2 Å². The summed E-state index contributed by atoms with van der Waals surface area (Å²) in [6, 6.07) is 0.406. The first-order valence-corrected chi connectivity index (χ1v) is 7.71. The van der Waals surface area contributed by atoms with E-state index in [1.54, 1.807) is 0 Å². The Morgan fingerprint density at radius 2 is 2.31 bits per heavy atom. The van der Waals surface area contributed by atoms with E-state index in [1.807, 2.05) is 11.8 Å². The molecule has 0 bridgehead atoms. The lowest BCUT2D eigenvalue weighted by atomic mass is 10.1. The van der Waals surface area contributed by atoms with Crippen molar-refractivity contribution in [1.82, 2.24) is 10.6 Å². The van der Waals surface area contributed by atoms with Gasteiger partial charge >= 0.3 is 0 Å². The number of carbonyl (C=O) groups excluding carboxylic acids is 1. The number of unbranched alkanes of at least 4 members (excludes halogenated alkanes) is 2. The zero-order valence-electron chi connectivity index (χ0n) is 10.3. The van der Waals surface area contributed by atoms with Gasteiger partial charge in [0.1, 0.15) is 0 Å². The molecule has 1 fully saturated rings. The van der Waals surface area contributed by atoms with Crippen LogP contribution in [0.25, 0.3) is 0 Å². The Bertz CT molecular complexity index is 199. The monoisotopic (exact) mass is 244 g/mol. The summed E-state index contributed by atoms with van der Waals surface area (Å²) in [5.41, 5.74) is 0. The third kappa shape index (κ3) is 6.38. The predicted octanol–water partition coefficient (Wildman–Crippen LogP) is 1.78. The lowest BCUT2D eigenvalue weighted by Gasteiger charge is -2.14. The highest BCUT2D eigenvalue weighted by atomic mass is 32.2. The molecule has 1 rings (SSSR count). The number of hydrogen-bond donors (Lipinski definition) is 2. The van der Waals surface area contributed by atoms with Crippen LogP contribution in [0, 0.1) is 0 Å². The molecule has 0 radical (unpaired) electrons. The van der Waals surface area contributed by atoms with Gasteiger partial charge in [-0.1, -0.05) is 6.42 Å². The summed E-state index contributed by atoms with van der Waals surface area (Å²) >= 11 is 1.92. The quantitative estimate of drug-likeness (QED) is 0.671. The van der Waals surface area contributed by atoms with Crippen molar-refractivity contribution in [2.45, 2.75) is 44.6 Å². The van der Waals surface area contributed by atoms with Crippen LogP contribution in [0.5, 0.6) is 0 Å². The Kier molecular flexibility index (Phi) is 7.68. The minimum Gasteiger partial charge on any atom is -0.356 e. The molecule has 0 aromatic carbocycles. The van der Waals surface area contributed by atoms with Crippen LogP contribution >= 0.6 is 11.8 Å². The van der Waals surface area contributed by atoms with Crippen LogP contribution in [0.4, 0.5) is 0 Å². The first kappa shape index (κ1) is 13.8. The Balaban J connectivity index is 2.00. The van der Waals surface area contributed by atoms with E-state index in [9.17, 15) is 4.79 Å². The van der Waals surface area contributed by atoms with Crippen LogP contribution in [0.1, 0.15) is 38.5 Å². The average molecular weight is 244 g/mol. The summed E-state index contributed by atoms with van der Waals surface area (Å²) in [5, 5.41) is 6.41. The highest BCUT2D eigenvalue weighted by molar-refractivity contribution is 7.98. The lowest BCUT2D eigenvalue weighted by Crippen LogP contribution is -2.33. The average Bonchev–Trinajstić information content (AvgIpc) is 2.48. The maximum atomic E-state index is 11.3. The Labute approximate surface area is 103 Å². The second-order valence-corrected chi connectivity index (χ2v) is 5.39. The van der Waals surface area contributed by atoms with E-state index in [0.29, 0.717) is 12.5 Å². The molecule has 4 heteroatoms. The van der Waals surface area contributed by atoms with Gasteiger partial charge in [0.15, 0.2) is 0 Å².